The zero-order valence-corrected chi connectivity index (χ0v) is 14.7. The SMILES string of the molecule is Cc1ccccc1-c1nnc2c3ccccc3nc(NCC(C)C)n12. The summed E-state index contributed by atoms with van der Waals surface area (Å²) in [4.78, 5) is 4.84. The van der Waals surface area contributed by atoms with Crippen molar-refractivity contribution in [1.29, 1.82) is 0 Å². The Bertz CT molecular complexity index is 1050. The molecule has 0 saturated carbocycles. The molecule has 2 heterocycles. The molecule has 0 amide bonds. The van der Waals surface area contributed by atoms with Gasteiger partial charge < -0.3 is 5.32 Å². The van der Waals surface area contributed by atoms with Crippen molar-refractivity contribution in [2.24, 2.45) is 5.92 Å². The van der Waals surface area contributed by atoms with Crippen molar-refractivity contribution >= 4 is 22.5 Å². The molecule has 2 aromatic carbocycles. The van der Waals surface area contributed by atoms with Gasteiger partial charge in [0.1, 0.15) is 0 Å². The Morgan fingerprint density at radius 1 is 1.00 bits per heavy atom. The molecule has 4 rings (SSSR count). The Labute approximate surface area is 146 Å². The molecule has 1 N–H and O–H groups in total. The maximum Gasteiger partial charge on any atom is 0.211 e. The van der Waals surface area contributed by atoms with Crippen molar-refractivity contribution in [3.8, 4) is 11.4 Å². The van der Waals surface area contributed by atoms with Gasteiger partial charge in [0.2, 0.25) is 5.95 Å². The molecule has 4 aromatic rings. The number of para-hydroxylation sites is 1. The first-order chi connectivity index (χ1) is 12.1. The van der Waals surface area contributed by atoms with Crippen molar-refractivity contribution in [1.82, 2.24) is 19.6 Å². The molecule has 0 bridgehead atoms. The Kier molecular flexibility index (Phi) is 3.84. The lowest BCUT2D eigenvalue weighted by Crippen LogP contribution is -2.13. The molecule has 0 unspecified atom stereocenters. The molecular formula is C20H21N5. The summed E-state index contributed by atoms with van der Waals surface area (Å²) in [6, 6.07) is 16.3. The summed E-state index contributed by atoms with van der Waals surface area (Å²) in [6.45, 7) is 7.29. The van der Waals surface area contributed by atoms with Crippen molar-refractivity contribution in [3.63, 3.8) is 0 Å². The van der Waals surface area contributed by atoms with Gasteiger partial charge in [0.05, 0.1) is 5.52 Å². The maximum absolute atomic E-state index is 4.84. The van der Waals surface area contributed by atoms with Crippen LogP contribution in [0.4, 0.5) is 5.95 Å². The average molecular weight is 331 g/mol. The molecule has 0 saturated heterocycles. The number of aryl methyl sites for hydroxylation is 1. The Balaban J connectivity index is 2.02. The third kappa shape index (κ3) is 2.71. The Morgan fingerprint density at radius 3 is 2.56 bits per heavy atom. The van der Waals surface area contributed by atoms with E-state index in [1.807, 2.05) is 40.8 Å². The fraction of sp³-hybridized carbons (Fsp3) is 0.250. The summed E-state index contributed by atoms with van der Waals surface area (Å²) in [5.41, 5.74) is 3.99. The van der Waals surface area contributed by atoms with Crippen LogP contribution < -0.4 is 5.32 Å². The molecule has 126 valence electrons. The predicted molar refractivity (Wildman–Crippen MR) is 102 cm³/mol. The van der Waals surface area contributed by atoms with Crippen LogP contribution in [0.15, 0.2) is 48.5 Å². The van der Waals surface area contributed by atoms with Crippen LogP contribution in [0.1, 0.15) is 19.4 Å². The van der Waals surface area contributed by atoms with E-state index in [1.54, 1.807) is 0 Å². The van der Waals surface area contributed by atoms with E-state index < -0.39 is 0 Å². The fourth-order valence-corrected chi connectivity index (χ4v) is 3.00. The van der Waals surface area contributed by atoms with Gasteiger partial charge in [-0.2, -0.15) is 0 Å². The first kappa shape index (κ1) is 15.6. The number of aromatic nitrogens is 4. The van der Waals surface area contributed by atoms with Crippen LogP contribution in [-0.4, -0.2) is 26.1 Å². The van der Waals surface area contributed by atoms with Gasteiger partial charge >= 0.3 is 0 Å². The van der Waals surface area contributed by atoms with Crippen molar-refractivity contribution < 1.29 is 0 Å². The second-order valence-electron chi connectivity index (χ2n) is 6.72. The van der Waals surface area contributed by atoms with E-state index >= 15 is 0 Å². The normalized spacial score (nSPS) is 11.5. The van der Waals surface area contributed by atoms with E-state index in [-0.39, 0.29) is 0 Å². The van der Waals surface area contributed by atoms with Gasteiger partial charge in [-0.15, -0.1) is 10.2 Å². The molecule has 0 fully saturated rings. The van der Waals surface area contributed by atoms with Gasteiger partial charge in [-0.1, -0.05) is 50.2 Å². The number of rotatable bonds is 4. The second kappa shape index (κ2) is 6.16. The smallest absolute Gasteiger partial charge is 0.211 e. The van der Waals surface area contributed by atoms with Gasteiger partial charge in [0, 0.05) is 17.5 Å². The molecule has 0 aliphatic rings. The molecule has 0 spiro atoms. The average Bonchev–Trinajstić information content (AvgIpc) is 3.05. The molecule has 0 radical (unpaired) electrons. The van der Waals surface area contributed by atoms with Gasteiger partial charge in [0.25, 0.3) is 0 Å². The van der Waals surface area contributed by atoms with Gasteiger partial charge in [-0.25, -0.2) is 9.38 Å². The standard InChI is InChI=1S/C20H21N5/c1-13(2)12-21-20-22-17-11-7-6-10-16(17)19-24-23-18(25(19)20)15-9-5-4-8-14(15)3/h4-11,13H,12H2,1-3H3,(H,21,22). The lowest BCUT2D eigenvalue weighted by Gasteiger charge is -2.13. The third-order valence-electron chi connectivity index (χ3n) is 4.30. The molecule has 0 aliphatic heterocycles. The van der Waals surface area contributed by atoms with Crippen LogP contribution in [0, 0.1) is 12.8 Å². The summed E-state index contributed by atoms with van der Waals surface area (Å²) in [7, 11) is 0. The van der Waals surface area contributed by atoms with E-state index in [1.165, 1.54) is 5.56 Å². The van der Waals surface area contributed by atoms with Crippen LogP contribution in [0.2, 0.25) is 0 Å². The van der Waals surface area contributed by atoms with E-state index in [4.69, 9.17) is 4.98 Å². The third-order valence-corrected chi connectivity index (χ3v) is 4.30. The zero-order chi connectivity index (χ0) is 17.4. The molecule has 0 atom stereocenters. The molecule has 25 heavy (non-hydrogen) atoms. The highest BCUT2D eigenvalue weighted by molar-refractivity contribution is 5.93. The van der Waals surface area contributed by atoms with Crippen LogP contribution in [0.25, 0.3) is 27.9 Å². The minimum atomic E-state index is 0.515. The summed E-state index contributed by atoms with van der Waals surface area (Å²) in [6.07, 6.45) is 0. The van der Waals surface area contributed by atoms with Crippen molar-refractivity contribution in [2.45, 2.75) is 20.8 Å². The van der Waals surface area contributed by atoms with E-state index in [0.29, 0.717) is 5.92 Å². The Hall–Kier alpha value is -2.95. The van der Waals surface area contributed by atoms with Gasteiger partial charge in [0.15, 0.2) is 11.5 Å². The zero-order valence-electron chi connectivity index (χ0n) is 14.7. The highest BCUT2D eigenvalue weighted by Gasteiger charge is 2.17. The Morgan fingerprint density at radius 2 is 1.76 bits per heavy atom. The summed E-state index contributed by atoms with van der Waals surface area (Å²) < 4.78 is 2.03. The molecule has 5 heteroatoms. The molecule has 2 aromatic heterocycles. The van der Waals surface area contributed by atoms with Gasteiger partial charge in [-0.3, -0.25) is 0 Å². The summed E-state index contributed by atoms with van der Waals surface area (Å²) >= 11 is 0. The number of benzene rings is 2. The first-order valence-corrected chi connectivity index (χ1v) is 8.59. The van der Waals surface area contributed by atoms with E-state index in [9.17, 15) is 0 Å². The predicted octanol–water partition coefficient (Wildman–Crippen LogP) is 4.32. The number of anilines is 1. The number of nitrogens with one attached hydrogen (secondary N) is 1. The maximum atomic E-state index is 4.84. The molecular weight excluding hydrogens is 310 g/mol. The first-order valence-electron chi connectivity index (χ1n) is 8.59. The number of nitrogens with zero attached hydrogens (tertiary/aromatic N) is 4. The minimum Gasteiger partial charge on any atom is -0.355 e. The lowest BCUT2D eigenvalue weighted by atomic mass is 10.1. The molecule has 0 aliphatic carbocycles. The van der Waals surface area contributed by atoms with Crippen LogP contribution in [-0.2, 0) is 0 Å². The number of fused-ring (bicyclic) bond motifs is 3. The second-order valence-corrected chi connectivity index (χ2v) is 6.72. The van der Waals surface area contributed by atoms with Crippen LogP contribution in [0.3, 0.4) is 0 Å². The highest BCUT2D eigenvalue weighted by atomic mass is 15.3. The minimum absolute atomic E-state index is 0.515. The van der Waals surface area contributed by atoms with Crippen LogP contribution in [0.5, 0.6) is 0 Å². The summed E-state index contributed by atoms with van der Waals surface area (Å²) in [5.74, 6) is 2.12. The quantitative estimate of drug-likeness (QED) is 0.605. The van der Waals surface area contributed by atoms with Gasteiger partial charge in [-0.05, 0) is 30.5 Å². The monoisotopic (exact) mass is 331 g/mol. The largest absolute Gasteiger partial charge is 0.355 e. The topological polar surface area (TPSA) is 55.1 Å². The lowest BCUT2D eigenvalue weighted by molar-refractivity contribution is 0.684. The molecule has 5 nitrogen and oxygen atoms in total. The number of hydrogen-bond acceptors (Lipinski definition) is 4. The number of hydrogen-bond donors (Lipinski definition) is 1. The van der Waals surface area contributed by atoms with Crippen molar-refractivity contribution in [2.75, 3.05) is 11.9 Å². The van der Waals surface area contributed by atoms with Crippen molar-refractivity contribution in [3.05, 3.63) is 54.1 Å². The van der Waals surface area contributed by atoms with E-state index in [0.717, 1.165) is 40.4 Å². The van der Waals surface area contributed by atoms with E-state index in [2.05, 4.69) is 48.4 Å². The van der Waals surface area contributed by atoms with Crippen LogP contribution >= 0.6 is 0 Å². The fourth-order valence-electron chi connectivity index (χ4n) is 3.00. The summed E-state index contributed by atoms with van der Waals surface area (Å²) in [5, 5.41) is 13.5. The highest BCUT2D eigenvalue weighted by Crippen LogP contribution is 2.28.